The molecule has 0 amide bonds. The maximum atomic E-state index is 4.94. The fraction of sp³-hybridized carbons (Fsp3) is 0. The van der Waals surface area contributed by atoms with E-state index in [-0.39, 0.29) is 20.7 Å². The van der Waals surface area contributed by atoms with E-state index in [4.69, 9.17) is 3.07 Å². The summed E-state index contributed by atoms with van der Waals surface area (Å²) in [7, 11) is 0. The van der Waals surface area contributed by atoms with Crippen LogP contribution in [0.15, 0.2) is 22.0 Å². The van der Waals surface area contributed by atoms with Gasteiger partial charge in [0.15, 0.2) is 23.0 Å². The zero-order chi connectivity index (χ0) is 5.82. The van der Waals surface area contributed by atoms with Gasteiger partial charge in [-0.25, -0.2) is 0 Å². The minimum atomic E-state index is 0.164. The largest absolute Gasteiger partial charge is 0.427 e. The first kappa shape index (κ1) is 6.73. The van der Waals surface area contributed by atoms with Crippen molar-refractivity contribution in [1.82, 2.24) is 0 Å². The van der Waals surface area contributed by atoms with Crippen LogP contribution in [0.1, 0.15) is 0 Å². The smallest absolute Gasteiger partial charge is 0.192 e. The van der Waals surface area contributed by atoms with Crippen molar-refractivity contribution in [3.63, 3.8) is 0 Å². The van der Waals surface area contributed by atoms with Crippen molar-refractivity contribution >= 4 is 47.7 Å². The summed E-state index contributed by atoms with van der Waals surface area (Å²) in [5, 5.41) is 0. The molecule has 0 fully saturated rings. The molecule has 3 heteroatoms. The minimum absolute atomic E-state index is 0.164. The first-order valence-electron chi connectivity index (χ1n) is 2.04. The van der Waals surface area contributed by atoms with Crippen LogP contribution < -0.4 is 0 Å². The SMILES string of the molecule is IOC1=CC=CI=C1. The summed E-state index contributed by atoms with van der Waals surface area (Å²) in [5.74, 6) is 1.00. The standard InChI is InChI=1S/C5H4I2O/c6-8-5-2-1-3-7-4-5/h1-4H. The second kappa shape index (κ2) is 3.60. The zero-order valence-corrected chi connectivity index (χ0v) is 8.29. The summed E-state index contributed by atoms with van der Waals surface area (Å²) in [6, 6.07) is 0. The van der Waals surface area contributed by atoms with E-state index >= 15 is 0 Å². The third-order valence-corrected chi connectivity index (χ3v) is 2.98. The van der Waals surface area contributed by atoms with Crippen molar-refractivity contribution in [2.24, 2.45) is 0 Å². The van der Waals surface area contributed by atoms with E-state index in [0.29, 0.717) is 0 Å². The van der Waals surface area contributed by atoms with Gasteiger partial charge in [-0.2, -0.15) is 0 Å². The van der Waals surface area contributed by atoms with Crippen molar-refractivity contribution < 1.29 is 3.07 Å². The molecule has 0 saturated heterocycles. The highest BCUT2D eigenvalue weighted by Gasteiger charge is 1.88. The molecule has 0 saturated carbocycles. The Labute approximate surface area is 72.2 Å². The summed E-state index contributed by atoms with van der Waals surface area (Å²) in [4.78, 5) is 0. The van der Waals surface area contributed by atoms with Gasteiger partial charge in [-0.1, -0.05) is 26.8 Å². The molecule has 1 heterocycles. The Kier molecular flexibility index (Phi) is 3.03. The lowest BCUT2D eigenvalue weighted by Crippen LogP contribution is -1.80. The van der Waals surface area contributed by atoms with Gasteiger partial charge in [-0.3, -0.25) is 0 Å². The van der Waals surface area contributed by atoms with Crippen LogP contribution in [0, 0.1) is 0 Å². The summed E-state index contributed by atoms with van der Waals surface area (Å²) in [6.45, 7) is 0. The van der Waals surface area contributed by atoms with Gasteiger partial charge in [0.2, 0.25) is 0 Å². The predicted molar refractivity (Wildman–Crippen MR) is 52.4 cm³/mol. The van der Waals surface area contributed by atoms with Crippen molar-refractivity contribution in [1.29, 1.82) is 0 Å². The molecule has 1 aliphatic rings. The van der Waals surface area contributed by atoms with Gasteiger partial charge in [-0.05, 0) is 10.2 Å². The first-order valence-corrected chi connectivity index (χ1v) is 5.41. The Morgan fingerprint density at radius 1 is 1.62 bits per heavy atom. The van der Waals surface area contributed by atoms with Gasteiger partial charge in [0, 0.05) is 4.01 Å². The van der Waals surface area contributed by atoms with E-state index in [2.05, 4.69) is 8.09 Å². The highest BCUT2D eigenvalue weighted by Crippen LogP contribution is 2.11. The Bertz CT molecular complexity index is 158. The van der Waals surface area contributed by atoms with Gasteiger partial charge < -0.3 is 3.07 Å². The van der Waals surface area contributed by atoms with Crippen molar-refractivity contribution in [2.45, 2.75) is 0 Å². The molecule has 0 radical (unpaired) electrons. The quantitative estimate of drug-likeness (QED) is 0.670. The maximum absolute atomic E-state index is 4.94. The van der Waals surface area contributed by atoms with E-state index in [1.807, 2.05) is 35.2 Å². The van der Waals surface area contributed by atoms with E-state index in [1.165, 1.54) is 0 Å². The Morgan fingerprint density at radius 2 is 2.50 bits per heavy atom. The van der Waals surface area contributed by atoms with Gasteiger partial charge in [-0.15, -0.1) is 0 Å². The molecule has 0 spiro atoms. The molecular formula is C5H4I2O. The van der Waals surface area contributed by atoms with Crippen LogP contribution in [-0.2, 0) is 3.07 Å². The second-order valence-corrected chi connectivity index (χ2v) is 3.70. The Morgan fingerprint density at radius 3 is 2.88 bits per heavy atom. The lowest BCUT2D eigenvalue weighted by molar-refractivity contribution is 0.607. The number of hydrogen-bond donors (Lipinski definition) is 0. The summed E-state index contributed by atoms with van der Waals surface area (Å²) in [6.07, 6.45) is 4.01. The van der Waals surface area contributed by atoms with Gasteiger partial charge >= 0.3 is 0 Å². The molecule has 0 bridgehead atoms. The van der Waals surface area contributed by atoms with Crippen LogP contribution in [0.4, 0.5) is 0 Å². The monoisotopic (exact) mass is 334 g/mol. The molecule has 0 aliphatic carbocycles. The van der Waals surface area contributed by atoms with Crippen LogP contribution in [0.25, 0.3) is 0 Å². The minimum Gasteiger partial charge on any atom is -0.427 e. The Hall–Kier alpha value is 0.610. The number of allylic oxidation sites excluding steroid dienone is 3. The molecule has 0 aromatic rings. The molecule has 0 atom stereocenters. The third kappa shape index (κ3) is 1.85. The zero-order valence-electron chi connectivity index (χ0n) is 3.97. The lowest BCUT2D eigenvalue weighted by atomic mass is 10.5. The highest BCUT2D eigenvalue weighted by atomic mass is 127. The normalized spacial score (nSPS) is 16.9. The van der Waals surface area contributed by atoms with E-state index in [0.717, 1.165) is 5.76 Å². The van der Waals surface area contributed by atoms with Crippen LogP contribution in [0.5, 0.6) is 0 Å². The summed E-state index contributed by atoms with van der Waals surface area (Å²) >= 11 is 2.06. The molecule has 0 unspecified atom stereocenters. The topological polar surface area (TPSA) is 9.23 Å². The molecule has 1 rings (SSSR count). The fourth-order valence-corrected chi connectivity index (χ4v) is 2.46. The van der Waals surface area contributed by atoms with Gasteiger partial charge in [0.25, 0.3) is 0 Å². The molecule has 1 aliphatic heterocycles. The number of halogens is 2. The molecule has 0 N–H and O–H groups in total. The van der Waals surface area contributed by atoms with E-state index in [9.17, 15) is 0 Å². The highest BCUT2D eigenvalue weighted by molar-refractivity contribution is 14.2. The van der Waals surface area contributed by atoms with Gasteiger partial charge in [0.05, 0.1) is 0 Å². The lowest BCUT2D eigenvalue weighted by Gasteiger charge is -1.94. The summed E-state index contributed by atoms with van der Waals surface area (Å²) in [5.41, 5.74) is 0. The molecule has 44 valence electrons. The average Bonchev–Trinajstić information content (AvgIpc) is 1.90. The Balaban J connectivity index is 2.68. The molecule has 1 nitrogen and oxygen atoms in total. The predicted octanol–water partition coefficient (Wildman–Crippen LogP) is 2.54. The molecule has 8 heavy (non-hydrogen) atoms. The van der Waals surface area contributed by atoms with E-state index in [1.54, 1.807) is 0 Å². The van der Waals surface area contributed by atoms with Crippen LogP contribution >= 0.6 is 43.7 Å². The van der Waals surface area contributed by atoms with Crippen LogP contribution in [-0.4, -0.2) is 4.01 Å². The van der Waals surface area contributed by atoms with E-state index < -0.39 is 0 Å². The molecule has 0 aromatic heterocycles. The fourth-order valence-electron chi connectivity index (χ4n) is 0.351. The second-order valence-electron chi connectivity index (χ2n) is 1.20. The molecular weight excluding hydrogens is 330 g/mol. The third-order valence-electron chi connectivity index (χ3n) is 0.666. The van der Waals surface area contributed by atoms with Crippen molar-refractivity contribution in [3.8, 4) is 0 Å². The maximum Gasteiger partial charge on any atom is 0.192 e. The summed E-state index contributed by atoms with van der Waals surface area (Å²) < 4.78 is 9.28. The van der Waals surface area contributed by atoms with Crippen molar-refractivity contribution in [2.75, 3.05) is 0 Å². The molecule has 0 aromatic carbocycles. The number of rotatable bonds is 1. The van der Waals surface area contributed by atoms with Crippen LogP contribution in [0.3, 0.4) is 0 Å². The first-order chi connectivity index (χ1) is 3.93. The number of hydrogen-bond acceptors (Lipinski definition) is 1. The van der Waals surface area contributed by atoms with Crippen molar-refractivity contribution in [3.05, 3.63) is 22.0 Å². The van der Waals surface area contributed by atoms with Crippen LogP contribution in [0.2, 0.25) is 0 Å². The van der Waals surface area contributed by atoms with Gasteiger partial charge in [0.1, 0.15) is 5.76 Å². The average molecular weight is 334 g/mol.